The molecule has 0 saturated carbocycles. The molecule has 1 aromatic carbocycles. The van der Waals surface area contributed by atoms with Crippen molar-refractivity contribution in [3.05, 3.63) is 39.9 Å². The fourth-order valence-corrected chi connectivity index (χ4v) is 6.04. The number of nitrogens with zero attached hydrogens (tertiary/aromatic N) is 5. The van der Waals surface area contributed by atoms with Crippen LogP contribution in [0.3, 0.4) is 0 Å². The van der Waals surface area contributed by atoms with Crippen LogP contribution in [0.5, 0.6) is 6.01 Å². The lowest BCUT2D eigenvalue weighted by atomic mass is 9.98. The summed E-state index contributed by atoms with van der Waals surface area (Å²) >= 11 is 0. The zero-order valence-electron chi connectivity index (χ0n) is 22.3. The maximum absolute atomic E-state index is 13.1. The Labute approximate surface area is 220 Å². The predicted octanol–water partition coefficient (Wildman–Crippen LogP) is 4.54. The van der Waals surface area contributed by atoms with E-state index in [1.165, 1.54) is 20.0 Å². The van der Waals surface area contributed by atoms with E-state index in [9.17, 15) is 9.18 Å². The fourth-order valence-electron chi connectivity index (χ4n) is 6.04. The highest BCUT2D eigenvalue weighted by Gasteiger charge is 2.35. The first-order valence-electron chi connectivity index (χ1n) is 13.3. The molecule has 3 fully saturated rings. The number of aromatic nitrogens is 4. The van der Waals surface area contributed by atoms with Crippen molar-refractivity contribution >= 4 is 27.6 Å². The van der Waals surface area contributed by atoms with Gasteiger partial charge in [0.25, 0.3) is 0 Å². The van der Waals surface area contributed by atoms with Crippen LogP contribution < -0.4 is 15.3 Å². The van der Waals surface area contributed by atoms with E-state index < -0.39 is 11.8 Å². The largest absolute Gasteiger partial charge is 0.467 e. The molecule has 200 valence electrons. The summed E-state index contributed by atoms with van der Waals surface area (Å²) < 4.78 is 23.8. The molecule has 10 heteroatoms. The van der Waals surface area contributed by atoms with Crippen LogP contribution in [0.2, 0.25) is 0 Å². The van der Waals surface area contributed by atoms with Gasteiger partial charge in [-0.1, -0.05) is 6.07 Å². The van der Waals surface area contributed by atoms with Crippen LogP contribution in [0.15, 0.2) is 27.5 Å². The quantitative estimate of drug-likeness (QED) is 0.420. The van der Waals surface area contributed by atoms with Gasteiger partial charge in [-0.05, 0) is 64.6 Å². The Morgan fingerprint density at radius 1 is 1.18 bits per heavy atom. The molecule has 0 radical (unpaired) electrons. The first-order valence-corrected chi connectivity index (χ1v) is 13.3. The fraction of sp³-hybridized carbons (Fsp3) is 0.500. The normalized spacial score (nSPS) is 22.9. The molecule has 7 rings (SSSR count). The first kappa shape index (κ1) is 24.8. The topological polar surface area (TPSA) is 100 Å². The number of nitrogens with one attached hydrogen (secondary N) is 1. The van der Waals surface area contributed by atoms with E-state index in [-0.39, 0.29) is 6.01 Å². The van der Waals surface area contributed by atoms with Gasteiger partial charge in [-0.2, -0.15) is 15.1 Å². The Balaban J connectivity index is 0.000000246. The molecular formula is C28H33FN6O3. The molecule has 0 aliphatic carbocycles. The third kappa shape index (κ3) is 4.11. The standard InChI is InChI=1S/C21H21N5O3.C7H12FN/c1-10-5-6-14-13(9-22-25-14)15(10)18-12(3)17-16(20(27)29-18)19(24-21(23-17)28-4)26-8-7-11(26)2;8-6-4-7-2-1-3-9(7)5-6/h5-6,9,11H,7-8H2,1-4H3,(H,22,25);6-7H,1-5H2. The number of aromatic amines is 1. The van der Waals surface area contributed by atoms with Crippen LogP contribution in [-0.2, 0) is 0 Å². The molecule has 3 saturated heterocycles. The van der Waals surface area contributed by atoms with Crippen LogP contribution in [-0.4, -0.2) is 70.1 Å². The number of methoxy groups -OCH3 is 1. The van der Waals surface area contributed by atoms with Crippen molar-refractivity contribution in [1.82, 2.24) is 25.1 Å². The second-order valence-corrected chi connectivity index (χ2v) is 10.6. The van der Waals surface area contributed by atoms with E-state index in [1.807, 2.05) is 26.0 Å². The van der Waals surface area contributed by atoms with Crippen LogP contribution in [0.4, 0.5) is 10.2 Å². The summed E-state index contributed by atoms with van der Waals surface area (Å²) in [4.78, 5) is 26.5. The highest BCUT2D eigenvalue weighted by Crippen LogP contribution is 2.37. The third-order valence-electron chi connectivity index (χ3n) is 8.26. The Morgan fingerprint density at radius 2 is 2.03 bits per heavy atom. The van der Waals surface area contributed by atoms with E-state index in [1.54, 1.807) is 6.20 Å². The molecular weight excluding hydrogens is 487 g/mol. The number of H-pyrrole nitrogens is 1. The minimum Gasteiger partial charge on any atom is -0.467 e. The van der Waals surface area contributed by atoms with Crippen LogP contribution >= 0.6 is 0 Å². The number of alkyl halides is 1. The minimum atomic E-state index is -0.518. The number of rotatable bonds is 3. The minimum absolute atomic E-state index is 0.240. The summed E-state index contributed by atoms with van der Waals surface area (Å²) in [6.07, 6.45) is 5.61. The molecule has 3 aliphatic rings. The van der Waals surface area contributed by atoms with Gasteiger partial charge >= 0.3 is 11.6 Å². The van der Waals surface area contributed by atoms with Crippen LogP contribution in [0, 0.1) is 13.8 Å². The van der Waals surface area contributed by atoms with Crippen LogP contribution in [0.1, 0.15) is 43.7 Å². The van der Waals surface area contributed by atoms with Gasteiger partial charge in [0.15, 0.2) is 5.82 Å². The number of anilines is 1. The summed E-state index contributed by atoms with van der Waals surface area (Å²) in [5.74, 6) is 1.07. The lowest BCUT2D eigenvalue weighted by Gasteiger charge is -2.40. The number of hydrogen-bond donors (Lipinski definition) is 1. The number of benzene rings is 1. The number of halogens is 1. The van der Waals surface area contributed by atoms with Crippen molar-refractivity contribution < 1.29 is 13.5 Å². The molecule has 0 amide bonds. The van der Waals surface area contributed by atoms with Crippen LogP contribution in [0.25, 0.3) is 33.1 Å². The van der Waals surface area contributed by atoms with E-state index in [2.05, 4.69) is 36.9 Å². The van der Waals surface area contributed by atoms with Crippen molar-refractivity contribution in [2.45, 2.75) is 64.7 Å². The van der Waals surface area contributed by atoms with Gasteiger partial charge in [0.05, 0.1) is 24.3 Å². The van der Waals surface area contributed by atoms with Gasteiger partial charge in [-0.15, -0.1) is 0 Å². The summed E-state index contributed by atoms with van der Waals surface area (Å²) in [6, 6.07) is 5.10. The Kier molecular flexibility index (Phi) is 6.29. The van der Waals surface area contributed by atoms with Gasteiger partial charge in [0, 0.05) is 41.7 Å². The van der Waals surface area contributed by atoms with Crippen molar-refractivity contribution in [2.24, 2.45) is 0 Å². The van der Waals surface area contributed by atoms with Crippen molar-refractivity contribution in [2.75, 3.05) is 31.6 Å². The van der Waals surface area contributed by atoms with Gasteiger partial charge < -0.3 is 14.1 Å². The number of ether oxygens (including phenoxy) is 1. The summed E-state index contributed by atoms with van der Waals surface area (Å²) in [6.45, 7) is 8.70. The molecule has 4 aromatic rings. The SMILES string of the molecule is COc1nc(N2CCC2C)c2c(=O)oc(-c3c(C)ccc4[nH]ncc34)c(C)c2n1.FC1CC2CCCN2C1. The van der Waals surface area contributed by atoms with E-state index in [0.29, 0.717) is 41.1 Å². The van der Waals surface area contributed by atoms with Gasteiger partial charge in [0.1, 0.15) is 17.3 Å². The molecule has 3 unspecified atom stereocenters. The molecule has 38 heavy (non-hydrogen) atoms. The van der Waals surface area contributed by atoms with E-state index >= 15 is 0 Å². The highest BCUT2D eigenvalue weighted by molar-refractivity contribution is 5.99. The number of fused-ring (bicyclic) bond motifs is 3. The second kappa shape index (κ2) is 9.65. The first-order chi connectivity index (χ1) is 18.4. The van der Waals surface area contributed by atoms with E-state index in [0.717, 1.165) is 53.5 Å². The molecule has 6 heterocycles. The number of hydrogen-bond acceptors (Lipinski definition) is 8. The average Bonchev–Trinajstić information content (AvgIpc) is 3.62. The monoisotopic (exact) mass is 520 g/mol. The van der Waals surface area contributed by atoms with Gasteiger partial charge in [-0.25, -0.2) is 9.18 Å². The lowest BCUT2D eigenvalue weighted by Crippen LogP contribution is -2.46. The molecule has 1 N–H and O–H groups in total. The van der Waals surface area contributed by atoms with Crippen molar-refractivity contribution in [3.8, 4) is 17.3 Å². The summed E-state index contributed by atoms with van der Waals surface area (Å²) in [5, 5.41) is 8.40. The van der Waals surface area contributed by atoms with Gasteiger partial charge in [-0.3, -0.25) is 10.00 Å². The lowest BCUT2D eigenvalue weighted by molar-refractivity contribution is 0.292. The van der Waals surface area contributed by atoms with Gasteiger partial charge in [0.2, 0.25) is 0 Å². The third-order valence-corrected chi connectivity index (χ3v) is 8.26. The maximum Gasteiger partial charge on any atom is 0.349 e. The maximum atomic E-state index is 13.1. The molecule has 0 spiro atoms. The zero-order valence-corrected chi connectivity index (χ0v) is 22.3. The Bertz CT molecular complexity index is 1550. The summed E-state index contributed by atoms with van der Waals surface area (Å²) in [5.41, 5.74) is 3.58. The summed E-state index contributed by atoms with van der Waals surface area (Å²) in [7, 11) is 1.53. The molecule has 3 aromatic heterocycles. The molecule has 0 bridgehead atoms. The predicted molar refractivity (Wildman–Crippen MR) is 145 cm³/mol. The smallest absolute Gasteiger partial charge is 0.349 e. The zero-order chi connectivity index (χ0) is 26.6. The Morgan fingerprint density at radius 3 is 2.74 bits per heavy atom. The highest BCUT2D eigenvalue weighted by atomic mass is 19.1. The van der Waals surface area contributed by atoms with Crippen molar-refractivity contribution in [3.63, 3.8) is 0 Å². The molecule has 3 aliphatic heterocycles. The molecule has 3 atom stereocenters. The molecule has 9 nitrogen and oxygen atoms in total. The van der Waals surface area contributed by atoms with E-state index in [4.69, 9.17) is 9.15 Å². The second-order valence-electron chi connectivity index (χ2n) is 10.6. The number of aryl methyl sites for hydroxylation is 2. The van der Waals surface area contributed by atoms with Crippen molar-refractivity contribution in [1.29, 1.82) is 0 Å². The Hall–Kier alpha value is -3.53. The average molecular weight is 521 g/mol.